The average molecular weight is 245 g/mol. The van der Waals surface area contributed by atoms with Gasteiger partial charge in [0.15, 0.2) is 11.6 Å². The molecule has 0 aromatic heterocycles. The third-order valence-corrected chi connectivity index (χ3v) is 2.58. The Hall–Kier alpha value is -1.20. The number of halogens is 2. The molecule has 0 saturated carbocycles. The van der Waals surface area contributed by atoms with E-state index in [1.165, 1.54) is 21.0 Å². The van der Waals surface area contributed by atoms with Crippen LogP contribution >= 0.6 is 0 Å². The van der Waals surface area contributed by atoms with E-state index >= 15 is 0 Å². The molecule has 0 amide bonds. The van der Waals surface area contributed by atoms with E-state index in [4.69, 9.17) is 0 Å². The normalized spacial score (nSPS) is 13.6. The maximum absolute atomic E-state index is 13.8. The molecule has 17 heavy (non-hydrogen) atoms. The molecule has 0 radical (unpaired) electrons. The Morgan fingerprint density at radius 2 is 1.88 bits per heavy atom. The van der Waals surface area contributed by atoms with Crippen molar-refractivity contribution in [2.75, 3.05) is 14.2 Å². The van der Waals surface area contributed by atoms with Gasteiger partial charge in [-0.3, -0.25) is 0 Å². The highest BCUT2D eigenvalue weighted by Crippen LogP contribution is 2.30. The van der Waals surface area contributed by atoms with Crippen LogP contribution in [0.5, 0.6) is 5.75 Å². The van der Waals surface area contributed by atoms with Crippen molar-refractivity contribution in [3.8, 4) is 5.75 Å². The van der Waals surface area contributed by atoms with Crippen molar-refractivity contribution in [3.63, 3.8) is 0 Å². The third kappa shape index (κ3) is 2.92. The number of nitrogens with one attached hydrogen (secondary N) is 1. The zero-order chi connectivity index (χ0) is 13.2. The van der Waals surface area contributed by atoms with Crippen LogP contribution in [0.4, 0.5) is 8.78 Å². The molecule has 1 aromatic carbocycles. The number of aliphatic hydroxyl groups is 1. The summed E-state index contributed by atoms with van der Waals surface area (Å²) in [6.45, 7) is 3.05. The van der Waals surface area contributed by atoms with Crippen molar-refractivity contribution >= 4 is 0 Å². The van der Waals surface area contributed by atoms with Gasteiger partial charge in [-0.2, -0.15) is 0 Å². The van der Waals surface area contributed by atoms with Crippen LogP contribution in [0.15, 0.2) is 12.1 Å². The molecule has 5 heteroatoms. The van der Waals surface area contributed by atoms with E-state index in [2.05, 4.69) is 10.1 Å². The van der Waals surface area contributed by atoms with Gasteiger partial charge in [0.2, 0.25) is 0 Å². The first-order valence-electron chi connectivity index (χ1n) is 5.23. The molecule has 0 bridgehead atoms. The molecule has 1 unspecified atom stereocenters. The molecule has 0 fully saturated rings. The number of benzene rings is 1. The quantitative estimate of drug-likeness (QED) is 0.852. The van der Waals surface area contributed by atoms with Gasteiger partial charge in [0.25, 0.3) is 0 Å². The van der Waals surface area contributed by atoms with E-state index in [0.717, 1.165) is 12.1 Å². The summed E-state index contributed by atoms with van der Waals surface area (Å²) in [4.78, 5) is 0. The Bertz CT molecular complexity index is 402. The average Bonchev–Trinajstić information content (AvgIpc) is 2.21. The topological polar surface area (TPSA) is 41.5 Å². The Kier molecular flexibility index (Phi) is 4.06. The first kappa shape index (κ1) is 13.9. The summed E-state index contributed by atoms with van der Waals surface area (Å²) in [5.41, 5.74) is -1.14. The molecule has 0 saturated heterocycles. The number of ether oxygens (including phenoxy) is 1. The summed E-state index contributed by atoms with van der Waals surface area (Å²) in [6.07, 6.45) is 0. The standard InChI is InChI=1S/C12H17F2NO2/c1-12(2,16)11(15-3)7-5-9(14)10(17-4)6-8(7)13/h5-6,11,15-16H,1-4H3. The fourth-order valence-corrected chi connectivity index (χ4v) is 1.81. The van der Waals surface area contributed by atoms with Gasteiger partial charge in [-0.1, -0.05) is 0 Å². The summed E-state index contributed by atoms with van der Waals surface area (Å²) in [6, 6.07) is 1.30. The van der Waals surface area contributed by atoms with Gasteiger partial charge in [-0.15, -0.1) is 0 Å². The second kappa shape index (κ2) is 4.98. The molecule has 1 atom stereocenters. The first-order valence-corrected chi connectivity index (χ1v) is 5.23. The summed E-state index contributed by atoms with van der Waals surface area (Å²) in [7, 11) is 2.84. The fraction of sp³-hybridized carbons (Fsp3) is 0.500. The van der Waals surface area contributed by atoms with Crippen molar-refractivity contribution in [2.24, 2.45) is 0 Å². The van der Waals surface area contributed by atoms with Crippen LogP contribution in [-0.4, -0.2) is 24.9 Å². The van der Waals surface area contributed by atoms with Crippen molar-refractivity contribution < 1.29 is 18.6 Å². The molecule has 0 aliphatic heterocycles. The SMILES string of the molecule is CNC(c1cc(F)c(OC)cc1F)C(C)(C)O. The van der Waals surface area contributed by atoms with Gasteiger partial charge >= 0.3 is 0 Å². The van der Waals surface area contributed by atoms with Crippen molar-refractivity contribution in [1.29, 1.82) is 0 Å². The van der Waals surface area contributed by atoms with Crippen LogP contribution in [0.25, 0.3) is 0 Å². The van der Waals surface area contributed by atoms with Gasteiger partial charge in [0.05, 0.1) is 18.8 Å². The Labute approximate surface area is 99.4 Å². The van der Waals surface area contributed by atoms with Gasteiger partial charge in [-0.25, -0.2) is 8.78 Å². The zero-order valence-electron chi connectivity index (χ0n) is 10.3. The van der Waals surface area contributed by atoms with Gasteiger partial charge in [0.1, 0.15) is 5.82 Å². The summed E-state index contributed by atoms with van der Waals surface area (Å²) in [5.74, 6) is -1.44. The summed E-state index contributed by atoms with van der Waals surface area (Å²) in [5, 5.41) is 12.7. The highest BCUT2D eigenvalue weighted by atomic mass is 19.1. The lowest BCUT2D eigenvalue weighted by molar-refractivity contribution is 0.0386. The molecule has 3 nitrogen and oxygen atoms in total. The van der Waals surface area contributed by atoms with E-state index in [0.29, 0.717) is 0 Å². The van der Waals surface area contributed by atoms with Crippen molar-refractivity contribution in [3.05, 3.63) is 29.3 Å². The Morgan fingerprint density at radius 1 is 1.29 bits per heavy atom. The molecule has 1 aromatic rings. The second-order valence-electron chi connectivity index (χ2n) is 4.38. The maximum Gasteiger partial charge on any atom is 0.165 e. The summed E-state index contributed by atoms with van der Waals surface area (Å²) < 4.78 is 32.0. The van der Waals surface area contributed by atoms with Gasteiger partial charge < -0.3 is 15.2 Å². The molecule has 2 N–H and O–H groups in total. The molecule has 96 valence electrons. The number of likely N-dealkylation sites (N-methyl/N-ethyl adjacent to an activating group) is 1. The summed E-state index contributed by atoms with van der Waals surface area (Å²) >= 11 is 0. The largest absolute Gasteiger partial charge is 0.494 e. The lowest BCUT2D eigenvalue weighted by Gasteiger charge is -2.29. The smallest absolute Gasteiger partial charge is 0.165 e. The van der Waals surface area contributed by atoms with E-state index in [1.807, 2.05) is 0 Å². The van der Waals surface area contributed by atoms with Crippen molar-refractivity contribution in [2.45, 2.75) is 25.5 Å². The third-order valence-electron chi connectivity index (χ3n) is 2.58. The van der Waals surface area contributed by atoms with Crippen LogP contribution in [0, 0.1) is 11.6 Å². The zero-order valence-corrected chi connectivity index (χ0v) is 10.3. The van der Waals surface area contributed by atoms with Gasteiger partial charge in [0, 0.05) is 11.6 Å². The minimum absolute atomic E-state index is 0.0679. The predicted molar refractivity (Wildman–Crippen MR) is 61.0 cm³/mol. The van der Waals surface area contributed by atoms with Crippen LogP contribution in [0.1, 0.15) is 25.5 Å². The maximum atomic E-state index is 13.8. The van der Waals surface area contributed by atoms with Gasteiger partial charge in [-0.05, 0) is 27.0 Å². The highest BCUT2D eigenvalue weighted by molar-refractivity contribution is 5.33. The lowest BCUT2D eigenvalue weighted by atomic mass is 9.91. The molecule has 0 spiro atoms. The Morgan fingerprint density at radius 3 is 2.29 bits per heavy atom. The minimum atomic E-state index is -1.21. The fourth-order valence-electron chi connectivity index (χ4n) is 1.81. The van der Waals surface area contributed by atoms with Crippen LogP contribution in [0.2, 0.25) is 0 Å². The second-order valence-corrected chi connectivity index (χ2v) is 4.38. The van der Waals surface area contributed by atoms with E-state index in [-0.39, 0.29) is 11.3 Å². The molecular formula is C12H17F2NO2. The van der Waals surface area contributed by atoms with Crippen LogP contribution in [0.3, 0.4) is 0 Å². The molecule has 0 aliphatic rings. The number of rotatable bonds is 4. The number of methoxy groups -OCH3 is 1. The first-order chi connectivity index (χ1) is 7.81. The Balaban J connectivity index is 3.26. The number of hydrogen-bond donors (Lipinski definition) is 2. The predicted octanol–water partition coefficient (Wildman–Crippen LogP) is 2.00. The molecular weight excluding hydrogens is 228 g/mol. The molecule has 0 aliphatic carbocycles. The highest BCUT2D eigenvalue weighted by Gasteiger charge is 2.30. The monoisotopic (exact) mass is 245 g/mol. The molecule has 0 heterocycles. The minimum Gasteiger partial charge on any atom is -0.494 e. The number of hydrogen-bond acceptors (Lipinski definition) is 3. The van der Waals surface area contributed by atoms with Crippen LogP contribution in [-0.2, 0) is 0 Å². The lowest BCUT2D eigenvalue weighted by Crippen LogP contribution is -2.38. The van der Waals surface area contributed by atoms with Crippen LogP contribution < -0.4 is 10.1 Å². The molecule has 1 rings (SSSR count). The van der Waals surface area contributed by atoms with Crippen molar-refractivity contribution in [1.82, 2.24) is 5.32 Å². The van der Waals surface area contributed by atoms with E-state index < -0.39 is 23.3 Å². The van der Waals surface area contributed by atoms with E-state index in [1.54, 1.807) is 7.05 Å². The van der Waals surface area contributed by atoms with E-state index in [9.17, 15) is 13.9 Å².